The fourth-order valence-corrected chi connectivity index (χ4v) is 3.19. The number of nitrogens with zero attached hydrogens (tertiary/aromatic N) is 6. The van der Waals surface area contributed by atoms with Gasteiger partial charge < -0.3 is 15.0 Å². The Morgan fingerprint density at radius 3 is 3.04 bits per heavy atom. The van der Waals surface area contributed by atoms with Gasteiger partial charge in [0.1, 0.15) is 5.82 Å². The van der Waals surface area contributed by atoms with Crippen molar-refractivity contribution < 1.29 is 9.72 Å². The summed E-state index contributed by atoms with van der Waals surface area (Å²) in [5.74, 6) is 0.272. The SMILES string of the molecule is O=C(c1cc([N+](=O)[O-])[nH]n1)N1CCCC(c2nnc3ccccn23)C1. The van der Waals surface area contributed by atoms with Gasteiger partial charge in [0.2, 0.25) is 0 Å². The molecule has 3 aromatic rings. The number of hydrogen-bond donors (Lipinski definition) is 1. The summed E-state index contributed by atoms with van der Waals surface area (Å²) in [6, 6.07) is 6.85. The van der Waals surface area contributed by atoms with Crippen LogP contribution in [0.4, 0.5) is 5.82 Å². The van der Waals surface area contributed by atoms with Crippen LogP contribution in [0.25, 0.3) is 5.65 Å². The first kappa shape index (κ1) is 15.2. The summed E-state index contributed by atoms with van der Waals surface area (Å²) < 4.78 is 1.93. The van der Waals surface area contributed by atoms with Crippen LogP contribution in [0.2, 0.25) is 0 Å². The van der Waals surface area contributed by atoms with E-state index in [4.69, 9.17) is 0 Å². The molecule has 3 aromatic heterocycles. The number of nitro groups is 1. The first-order valence-corrected chi connectivity index (χ1v) is 7.92. The molecular weight excluding hydrogens is 326 g/mol. The molecule has 1 amide bonds. The highest BCUT2D eigenvalue weighted by Gasteiger charge is 2.30. The van der Waals surface area contributed by atoms with E-state index in [1.54, 1.807) is 4.90 Å². The number of hydrogen-bond acceptors (Lipinski definition) is 6. The molecule has 0 aliphatic carbocycles. The van der Waals surface area contributed by atoms with Crippen LogP contribution in [0.15, 0.2) is 30.5 Å². The standard InChI is InChI=1S/C15H15N7O3/c23-15(11-8-13(18-16-11)22(24)25)20-6-3-4-10(9-20)14-19-17-12-5-1-2-7-21(12)14/h1-2,5,7-8,10H,3-4,6,9H2,(H,16,18). The van der Waals surface area contributed by atoms with Crippen molar-refractivity contribution in [3.63, 3.8) is 0 Å². The van der Waals surface area contributed by atoms with Crippen LogP contribution in [0.1, 0.15) is 35.1 Å². The monoisotopic (exact) mass is 341 g/mol. The van der Waals surface area contributed by atoms with Gasteiger partial charge in [-0.3, -0.25) is 9.20 Å². The van der Waals surface area contributed by atoms with E-state index in [9.17, 15) is 14.9 Å². The smallest absolute Gasteiger partial charge is 0.343 e. The van der Waals surface area contributed by atoms with Gasteiger partial charge in [-0.15, -0.1) is 15.3 Å². The third-order valence-corrected chi connectivity index (χ3v) is 4.39. The lowest BCUT2D eigenvalue weighted by Gasteiger charge is -2.31. The molecule has 128 valence electrons. The Bertz CT molecular complexity index is 947. The van der Waals surface area contributed by atoms with Crippen molar-refractivity contribution in [2.45, 2.75) is 18.8 Å². The fourth-order valence-electron chi connectivity index (χ4n) is 3.19. The quantitative estimate of drug-likeness (QED) is 0.567. The molecule has 4 rings (SSSR count). The molecule has 25 heavy (non-hydrogen) atoms. The number of carbonyl (C=O) groups is 1. The predicted octanol–water partition coefficient (Wildman–Crippen LogP) is 1.38. The molecule has 1 N–H and O–H groups in total. The zero-order valence-electron chi connectivity index (χ0n) is 13.2. The molecule has 1 aliphatic rings. The number of piperidine rings is 1. The maximum atomic E-state index is 12.6. The number of pyridine rings is 1. The van der Waals surface area contributed by atoms with Crippen LogP contribution < -0.4 is 0 Å². The maximum Gasteiger partial charge on any atom is 0.343 e. The zero-order chi connectivity index (χ0) is 17.4. The Morgan fingerprint density at radius 2 is 2.24 bits per heavy atom. The average Bonchev–Trinajstić information content (AvgIpc) is 3.28. The number of aromatic nitrogens is 5. The van der Waals surface area contributed by atoms with Gasteiger partial charge in [0.05, 0.1) is 6.07 Å². The number of amides is 1. The van der Waals surface area contributed by atoms with Gasteiger partial charge in [-0.25, -0.2) is 0 Å². The van der Waals surface area contributed by atoms with Crippen molar-refractivity contribution >= 4 is 17.4 Å². The summed E-state index contributed by atoms with van der Waals surface area (Å²) in [6.45, 7) is 1.07. The molecule has 0 aromatic carbocycles. The van der Waals surface area contributed by atoms with E-state index in [1.165, 1.54) is 6.07 Å². The second kappa shape index (κ2) is 5.96. The lowest BCUT2D eigenvalue weighted by molar-refractivity contribution is -0.389. The van der Waals surface area contributed by atoms with Gasteiger partial charge >= 0.3 is 5.82 Å². The van der Waals surface area contributed by atoms with E-state index < -0.39 is 4.92 Å². The minimum atomic E-state index is -0.606. The van der Waals surface area contributed by atoms with Crippen LogP contribution in [-0.2, 0) is 0 Å². The van der Waals surface area contributed by atoms with Gasteiger partial charge in [-0.2, -0.15) is 0 Å². The molecule has 1 atom stereocenters. The Balaban J connectivity index is 1.56. The molecule has 10 nitrogen and oxygen atoms in total. The minimum Gasteiger partial charge on any atom is -0.358 e. The zero-order valence-corrected chi connectivity index (χ0v) is 13.2. The maximum absolute atomic E-state index is 12.6. The van der Waals surface area contributed by atoms with Gasteiger partial charge in [0, 0.05) is 25.2 Å². The largest absolute Gasteiger partial charge is 0.358 e. The van der Waals surface area contributed by atoms with E-state index >= 15 is 0 Å². The molecule has 4 heterocycles. The first-order chi connectivity index (χ1) is 12.1. The van der Waals surface area contributed by atoms with Gasteiger partial charge in [-0.1, -0.05) is 11.2 Å². The molecule has 0 bridgehead atoms. The number of nitrogens with one attached hydrogen (secondary N) is 1. The summed E-state index contributed by atoms with van der Waals surface area (Å²) in [4.78, 5) is 24.4. The van der Waals surface area contributed by atoms with E-state index in [2.05, 4.69) is 20.4 Å². The second-order valence-electron chi connectivity index (χ2n) is 5.97. The predicted molar refractivity (Wildman–Crippen MR) is 86.1 cm³/mol. The Morgan fingerprint density at radius 1 is 1.36 bits per heavy atom. The molecule has 1 fully saturated rings. The van der Waals surface area contributed by atoms with E-state index in [-0.39, 0.29) is 23.3 Å². The van der Waals surface area contributed by atoms with Crippen molar-refractivity contribution in [1.29, 1.82) is 0 Å². The number of rotatable bonds is 3. The Kier molecular flexibility index (Phi) is 3.64. The molecule has 1 unspecified atom stereocenters. The highest BCUT2D eigenvalue weighted by atomic mass is 16.6. The molecule has 0 spiro atoms. The van der Waals surface area contributed by atoms with Crippen LogP contribution >= 0.6 is 0 Å². The summed E-state index contributed by atoms with van der Waals surface area (Å²) in [6.07, 6.45) is 3.63. The first-order valence-electron chi connectivity index (χ1n) is 7.92. The van der Waals surface area contributed by atoms with E-state index in [0.29, 0.717) is 13.1 Å². The number of H-pyrrole nitrogens is 1. The Hall–Kier alpha value is -3.30. The lowest BCUT2D eigenvalue weighted by atomic mass is 9.97. The van der Waals surface area contributed by atoms with E-state index in [0.717, 1.165) is 24.3 Å². The minimum absolute atomic E-state index is 0.0541. The van der Waals surface area contributed by atoms with Crippen molar-refractivity contribution in [1.82, 2.24) is 29.7 Å². The Labute approximate surface area is 141 Å². The van der Waals surface area contributed by atoms with Crippen LogP contribution in [0.5, 0.6) is 0 Å². The topological polar surface area (TPSA) is 122 Å². The molecule has 1 aliphatic heterocycles. The summed E-state index contributed by atoms with van der Waals surface area (Å²) in [7, 11) is 0. The van der Waals surface area contributed by atoms with Gasteiger partial charge in [0.25, 0.3) is 5.91 Å². The van der Waals surface area contributed by atoms with Crippen molar-refractivity contribution in [2.75, 3.05) is 13.1 Å². The summed E-state index contributed by atoms with van der Waals surface area (Å²) in [5.41, 5.74) is 0.822. The van der Waals surface area contributed by atoms with Crippen LogP contribution in [0.3, 0.4) is 0 Å². The second-order valence-corrected chi connectivity index (χ2v) is 5.97. The fraction of sp³-hybridized carbons (Fsp3) is 0.333. The molecule has 10 heteroatoms. The molecular formula is C15H15N7O3. The summed E-state index contributed by atoms with van der Waals surface area (Å²) >= 11 is 0. The number of carbonyl (C=O) groups excluding carboxylic acids is 1. The highest BCUT2D eigenvalue weighted by Crippen LogP contribution is 2.27. The van der Waals surface area contributed by atoms with Crippen molar-refractivity contribution in [2.24, 2.45) is 0 Å². The van der Waals surface area contributed by atoms with Crippen LogP contribution in [0, 0.1) is 10.1 Å². The normalized spacial score (nSPS) is 17.8. The molecule has 0 saturated carbocycles. The number of aromatic amines is 1. The highest BCUT2D eigenvalue weighted by molar-refractivity contribution is 5.92. The van der Waals surface area contributed by atoms with Gasteiger partial charge in [-0.05, 0) is 29.9 Å². The van der Waals surface area contributed by atoms with E-state index in [1.807, 2.05) is 28.8 Å². The number of fused-ring (bicyclic) bond motifs is 1. The van der Waals surface area contributed by atoms with Crippen molar-refractivity contribution in [3.8, 4) is 0 Å². The summed E-state index contributed by atoms with van der Waals surface area (Å²) in [5, 5.41) is 25.2. The third kappa shape index (κ3) is 2.71. The van der Waals surface area contributed by atoms with Gasteiger partial charge in [0.15, 0.2) is 11.3 Å². The molecule has 1 saturated heterocycles. The van der Waals surface area contributed by atoms with Crippen LogP contribution in [-0.4, -0.2) is 53.6 Å². The third-order valence-electron chi connectivity index (χ3n) is 4.39. The molecule has 0 radical (unpaired) electrons. The lowest BCUT2D eigenvalue weighted by Crippen LogP contribution is -2.39. The van der Waals surface area contributed by atoms with Crippen molar-refractivity contribution in [3.05, 3.63) is 52.1 Å². The number of likely N-dealkylation sites (tertiary alicyclic amines) is 1. The average molecular weight is 341 g/mol.